The number of carbonyl (C=O) groups excluding carboxylic acids is 1. The molecule has 0 N–H and O–H groups in total. The number of thioether (sulfide) groups is 1. The van der Waals surface area contributed by atoms with Crippen LogP contribution in [0.5, 0.6) is 5.75 Å². The van der Waals surface area contributed by atoms with E-state index in [4.69, 9.17) is 10.00 Å². The van der Waals surface area contributed by atoms with Crippen LogP contribution in [0, 0.1) is 21.4 Å². The first-order chi connectivity index (χ1) is 15.0. The Hall–Kier alpha value is -3.25. The molecule has 1 aliphatic heterocycles. The Morgan fingerprint density at radius 1 is 1.19 bits per heavy atom. The van der Waals surface area contributed by atoms with E-state index in [1.54, 1.807) is 12.1 Å². The van der Waals surface area contributed by atoms with Crippen molar-refractivity contribution in [2.45, 2.75) is 12.2 Å². The number of nitriles is 1. The van der Waals surface area contributed by atoms with Crippen molar-refractivity contribution >= 4 is 29.0 Å². The van der Waals surface area contributed by atoms with Gasteiger partial charge >= 0.3 is 5.69 Å². The fourth-order valence-electron chi connectivity index (χ4n) is 3.49. The number of methoxy groups -OCH3 is 1. The Labute approximate surface area is 185 Å². The van der Waals surface area contributed by atoms with Gasteiger partial charge < -0.3 is 14.5 Å². The molecule has 1 heterocycles. The lowest BCUT2D eigenvalue weighted by molar-refractivity contribution is -0.385. The van der Waals surface area contributed by atoms with Crippen LogP contribution in [-0.2, 0) is 10.5 Å². The fraction of sp³-hybridized carbons (Fsp3) is 0.364. The van der Waals surface area contributed by atoms with Crippen LogP contribution in [-0.4, -0.2) is 54.8 Å². The van der Waals surface area contributed by atoms with Crippen molar-refractivity contribution in [3.63, 3.8) is 0 Å². The largest absolute Gasteiger partial charge is 0.490 e. The predicted molar refractivity (Wildman–Crippen MR) is 120 cm³/mol. The highest BCUT2D eigenvalue weighted by molar-refractivity contribution is 7.99. The molecule has 0 bridgehead atoms. The molecule has 8 nitrogen and oxygen atoms in total. The minimum absolute atomic E-state index is 0.0673. The Morgan fingerprint density at radius 3 is 2.65 bits per heavy atom. The van der Waals surface area contributed by atoms with Gasteiger partial charge in [0, 0.05) is 43.7 Å². The van der Waals surface area contributed by atoms with Crippen LogP contribution >= 0.6 is 11.8 Å². The van der Waals surface area contributed by atoms with E-state index in [2.05, 4.69) is 11.0 Å². The summed E-state index contributed by atoms with van der Waals surface area (Å²) in [5, 5.41) is 20.1. The number of rotatable bonds is 7. The second kappa shape index (κ2) is 10.7. The Bertz CT molecular complexity index is 974. The highest BCUT2D eigenvalue weighted by Gasteiger charge is 2.20. The SMILES string of the molecule is COc1ccc(CSCC(=O)N2CCCN(c3ccc(C#N)cc3)CC2)cc1[N+](=O)[O-]. The second-order valence-electron chi connectivity index (χ2n) is 7.14. The number of hydrogen-bond donors (Lipinski definition) is 0. The molecule has 0 radical (unpaired) electrons. The van der Waals surface area contributed by atoms with E-state index >= 15 is 0 Å². The van der Waals surface area contributed by atoms with Crippen LogP contribution in [0.4, 0.5) is 11.4 Å². The average Bonchev–Trinajstić information content (AvgIpc) is 3.05. The lowest BCUT2D eigenvalue weighted by Crippen LogP contribution is -2.36. The summed E-state index contributed by atoms with van der Waals surface area (Å²) in [6.45, 7) is 2.96. The van der Waals surface area contributed by atoms with E-state index in [-0.39, 0.29) is 17.3 Å². The van der Waals surface area contributed by atoms with Gasteiger partial charge in [-0.2, -0.15) is 5.26 Å². The van der Waals surface area contributed by atoms with Gasteiger partial charge in [0.05, 0.1) is 29.4 Å². The molecule has 0 saturated carbocycles. The Morgan fingerprint density at radius 2 is 1.97 bits per heavy atom. The summed E-state index contributed by atoms with van der Waals surface area (Å²) in [4.78, 5) is 27.5. The third-order valence-electron chi connectivity index (χ3n) is 5.14. The van der Waals surface area contributed by atoms with Gasteiger partial charge in [-0.25, -0.2) is 0 Å². The maximum absolute atomic E-state index is 12.7. The van der Waals surface area contributed by atoms with E-state index < -0.39 is 4.92 Å². The summed E-state index contributed by atoms with van der Waals surface area (Å²) < 4.78 is 5.02. The van der Waals surface area contributed by atoms with Gasteiger partial charge in [-0.15, -0.1) is 11.8 Å². The minimum atomic E-state index is -0.463. The first-order valence-electron chi connectivity index (χ1n) is 9.93. The molecule has 0 unspecified atom stereocenters. The average molecular weight is 441 g/mol. The molecule has 2 aromatic rings. The quantitative estimate of drug-likeness (QED) is 0.480. The molecule has 1 amide bonds. The van der Waals surface area contributed by atoms with Crippen LogP contribution in [0.3, 0.4) is 0 Å². The summed E-state index contributed by atoms with van der Waals surface area (Å²) in [6, 6.07) is 14.5. The number of hydrogen-bond acceptors (Lipinski definition) is 7. The second-order valence-corrected chi connectivity index (χ2v) is 8.12. The van der Waals surface area contributed by atoms with Crippen LogP contribution in [0.15, 0.2) is 42.5 Å². The first kappa shape index (κ1) is 22.4. The van der Waals surface area contributed by atoms with Crippen molar-refractivity contribution in [1.82, 2.24) is 4.90 Å². The van der Waals surface area contributed by atoms with E-state index in [9.17, 15) is 14.9 Å². The molecule has 0 spiro atoms. The van der Waals surface area contributed by atoms with Crippen molar-refractivity contribution < 1.29 is 14.5 Å². The Kier molecular flexibility index (Phi) is 7.73. The predicted octanol–water partition coefficient (Wildman–Crippen LogP) is 3.45. The normalized spacial score (nSPS) is 13.9. The minimum Gasteiger partial charge on any atom is -0.490 e. The number of ether oxygens (including phenoxy) is 1. The summed E-state index contributed by atoms with van der Waals surface area (Å²) in [6.07, 6.45) is 0.876. The molecule has 0 aromatic heterocycles. The van der Waals surface area contributed by atoms with E-state index in [1.165, 1.54) is 24.9 Å². The smallest absolute Gasteiger partial charge is 0.311 e. The monoisotopic (exact) mass is 440 g/mol. The number of amides is 1. The third kappa shape index (κ3) is 5.89. The number of anilines is 1. The number of nitro benzene ring substituents is 1. The van der Waals surface area contributed by atoms with Crippen molar-refractivity contribution in [3.8, 4) is 11.8 Å². The molecule has 3 rings (SSSR count). The zero-order valence-electron chi connectivity index (χ0n) is 17.3. The molecule has 9 heteroatoms. The van der Waals surface area contributed by atoms with E-state index in [1.807, 2.05) is 29.2 Å². The van der Waals surface area contributed by atoms with Gasteiger partial charge in [-0.05, 0) is 42.3 Å². The van der Waals surface area contributed by atoms with Gasteiger partial charge in [0.15, 0.2) is 5.75 Å². The Balaban J connectivity index is 1.50. The molecule has 31 heavy (non-hydrogen) atoms. The van der Waals surface area contributed by atoms with Gasteiger partial charge in [0.25, 0.3) is 0 Å². The standard InChI is InChI=1S/C22H24N4O4S/c1-30-21-8-5-18(13-20(21)26(28)29)15-31-16-22(27)25-10-2-9-24(11-12-25)19-6-3-17(14-23)4-7-19/h3-8,13H,2,9-12,15-16H2,1H3. The zero-order chi connectivity index (χ0) is 22.2. The molecule has 0 atom stereocenters. The van der Waals surface area contributed by atoms with Crippen molar-refractivity contribution in [1.29, 1.82) is 5.26 Å². The van der Waals surface area contributed by atoms with E-state index in [0.29, 0.717) is 30.2 Å². The number of nitro groups is 1. The van der Waals surface area contributed by atoms with Crippen molar-refractivity contribution in [3.05, 3.63) is 63.7 Å². The fourth-order valence-corrected chi connectivity index (χ4v) is 4.36. The van der Waals surface area contributed by atoms with E-state index in [0.717, 1.165) is 30.8 Å². The van der Waals surface area contributed by atoms with Gasteiger partial charge in [0.1, 0.15) is 0 Å². The lowest BCUT2D eigenvalue weighted by atomic mass is 10.2. The lowest BCUT2D eigenvalue weighted by Gasteiger charge is -2.23. The van der Waals surface area contributed by atoms with Gasteiger partial charge in [-0.1, -0.05) is 6.07 Å². The maximum atomic E-state index is 12.7. The number of carbonyl (C=O) groups is 1. The summed E-state index contributed by atoms with van der Waals surface area (Å²) in [5.41, 5.74) is 2.41. The van der Waals surface area contributed by atoms with Crippen LogP contribution in [0.25, 0.3) is 0 Å². The highest BCUT2D eigenvalue weighted by atomic mass is 32.2. The molecule has 1 fully saturated rings. The van der Waals surface area contributed by atoms with Gasteiger partial charge in [-0.3, -0.25) is 14.9 Å². The first-order valence-corrected chi connectivity index (χ1v) is 11.1. The van der Waals surface area contributed by atoms with Crippen molar-refractivity contribution in [2.75, 3.05) is 43.9 Å². The zero-order valence-corrected chi connectivity index (χ0v) is 18.1. The molecule has 2 aromatic carbocycles. The van der Waals surface area contributed by atoms with Crippen LogP contribution in [0.1, 0.15) is 17.5 Å². The number of benzene rings is 2. The molecule has 162 valence electrons. The molecule has 1 saturated heterocycles. The van der Waals surface area contributed by atoms with Crippen LogP contribution in [0.2, 0.25) is 0 Å². The summed E-state index contributed by atoms with van der Waals surface area (Å²) in [5.74, 6) is 1.15. The number of nitrogens with zero attached hydrogens (tertiary/aromatic N) is 4. The maximum Gasteiger partial charge on any atom is 0.311 e. The van der Waals surface area contributed by atoms with Crippen molar-refractivity contribution in [2.24, 2.45) is 0 Å². The summed E-state index contributed by atoms with van der Waals surface area (Å²) in [7, 11) is 1.40. The molecule has 1 aliphatic rings. The molecular weight excluding hydrogens is 416 g/mol. The molecular formula is C22H24N4O4S. The third-order valence-corrected chi connectivity index (χ3v) is 6.13. The summed E-state index contributed by atoms with van der Waals surface area (Å²) >= 11 is 1.45. The molecule has 0 aliphatic carbocycles. The highest BCUT2D eigenvalue weighted by Crippen LogP contribution is 2.29. The van der Waals surface area contributed by atoms with Gasteiger partial charge in [0.2, 0.25) is 5.91 Å². The van der Waals surface area contributed by atoms with Crippen LogP contribution < -0.4 is 9.64 Å². The topological polar surface area (TPSA) is 99.7 Å².